The number of benzene rings is 3. The molecule has 0 atom stereocenters. The highest BCUT2D eigenvalue weighted by molar-refractivity contribution is 8.26. The second kappa shape index (κ2) is 9.34. The van der Waals surface area contributed by atoms with Crippen molar-refractivity contribution in [2.75, 3.05) is 0 Å². The van der Waals surface area contributed by atoms with E-state index in [1.54, 1.807) is 30.3 Å². The van der Waals surface area contributed by atoms with Crippen molar-refractivity contribution >= 4 is 57.8 Å². The maximum atomic E-state index is 12.8. The number of carbonyl (C=O) groups excluding carboxylic acids is 2. The number of thiocarbonyl (C=S) groups is 1. The van der Waals surface area contributed by atoms with E-state index in [0.717, 1.165) is 22.3 Å². The molecule has 1 aliphatic heterocycles. The molecule has 0 bridgehead atoms. The molecule has 0 spiro atoms. The van der Waals surface area contributed by atoms with Crippen molar-refractivity contribution in [1.82, 2.24) is 10.4 Å². The van der Waals surface area contributed by atoms with Crippen LogP contribution in [0.15, 0.2) is 83.8 Å². The maximum absolute atomic E-state index is 12.8. The number of hydrogen-bond acceptors (Lipinski definition) is 5. The standard InChI is InChI=1S/C23H15ClN2O3S2/c24-19-12-5-4-11-18(19)21(27)25-26-22(28)20(31-23(26)30)14-15-7-6-10-17(13-15)29-16-8-2-1-3-9-16/h1-14H,(H,25,27)/b20-14+. The van der Waals surface area contributed by atoms with E-state index in [1.165, 1.54) is 0 Å². The van der Waals surface area contributed by atoms with Crippen molar-refractivity contribution in [3.05, 3.63) is 99.9 Å². The first-order chi connectivity index (χ1) is 15.0. The maximum Gasteiger partial charge on any atom is 0.285 e. The van der Waals surface area contributed by atoms with E-state index >= 15 is 0 Å². The lowest BCUT2D eigenvalue weighted by atomic mass is 10.2. The fourth-order valence-corrected chi connectivity index (χ4v) is 4.22. The van der Waals surface area contributed by atoms with Gasteiger partial charge >= 0.3 is 0 Å². The van der Waals surface area contributed by atoms with Crippen molar-refractivity contribution in [2.45, 2.75) is 0 Å². The van der Waals surface area contributed by atoms with E-state index < -0.39 is 11.8 Å². The Labute approximate surface area is 193 Å². The van der Waals surface area contributed by atoms with Gasteiger partial charge in [-0.05, 0) is 60.3 Å². The topological polar surface area (TPSA) is 58.6 Å². The predicted molar refractivity (Wildman–Crippen MR) is 127 cm³/mol. The van der Waals surface area contributed by atoms with Crippen LogP contribution in [0.4, 0.5) is 0 Å². The molecule has 8 heteroatoms. The molecule has 1 N–H and O–H groups in total. The van der Waals surface area contributed by atoms with Crippen LogP contribution in [-0.4, -0.2) is 21.1 Å². The summed E-state index contributed by atoms with van der Waals surface area (Å²) in [5, 5.41) is 1.35. The summed E-state index contributed by atoms with van der Waals surface area (Å²) in [5.41, 5.74) is 3.56. The predicted octanol–water partition coefficient (Wildman–Crippen LogP) is 5.68. The minimum absolute atomic E-state index is 0.230. The van der Waals surface area contributed by atoms with Crippen LogP contribution in [0.5, 0.6) is 11.5 Å². The molecule has 31 heavy (non-hydrogen) atoms. The van der Waals surface area contributed by atoms with Gasteiger partial charge in [-0.25, -0.2) is 0 Å². The Morgan fingerprint density at radius 2 is 1.71 bits per heavy atom. The van der Waals surface area contributed by atoms with E-state index in [0.29, 0.717) is 16.4 Å². The van der Waals surface area contributed by atoms with Gasteiger partial charge in [0.1, 0.15) is 11.5 Å². The summed E-state index contributed by atoms with van der Waals surface area (Å²) in [5.74, 6) is 0.432. The van der Waals surface area contributed by atoms with Gasteiger partial charge in [0.25, 0.3) is 11.8 Å². The second-order valence-electron chi connectivity index (χ2n) is 6.43. The Morgan fingerprint density at radius 1 is 1.00 bits per heavy atom. The lowest BCUT2D eigenvalue weighted by Gasteiger charge is -2.16. The summed E-state index contributed by atoms with van der Waals surface area (Å²) < 4.78 is 6.07. The van der Waals surface area contributed by atoms with Gasteiger partial charge in [-0.3, -0.25) is 15.0 Å². The fourth-order valence-electron chi connectivity index (χ4n) is 2.82. The SMILES string of the molecule is O=C(NN1C(=O)/C(=C\c2cccc(Oc3ccccc3)c2)SC1=S)c1ccccc1Cl. The molecular weight excluding hydrogens is 452 g/mol. The Hall–Kier alpha value is -3.13. The molecular formula is C23H15ClN2O3S2. The van der Waals surface area contributed by atoms with Crippen LogP contribution in [0, 0.1) is 0 Å². The van der Waals surface area contributed by atoms with Gasteiger partial charge < -0.3 is 4.74 Å². The summed E-state index contributed by atoms with van der Waals surface area (Å²) in [4.78, 5) is 25.7. The first-order valence-electron chi connectivity index (χ1n) is 9.18. The van der Waals surface area contributed by atoms with Crippen LogP contribution in [0.3, 0.4) is 0 Å². The zero-order valence-electron chi connectivity index (χ0n) is 15.9. The molecule has 154 valence electrons. The first kappa shape index (κ1) is 21.1. The molecule has 0 aromatic heterocycles. The first-order valence-corrected chi connectivity index (χ1v) is 10.8. The molecule has 0 radical (unpaired) electrons. The third-order valence-corrected chi connectivity index (χ3v) is 5.89. The van der Waals surface area contributed by atoms with Crippen LogP contribution in [0.2, 0.25) is 5.02 Å². The van der Waals surface area contributed by atoms with Crippen molar-refractivity contribution in [1.29, 1.82) is 0 Å². The zero-order chi connectivity index (χ0) is 21.8. The van der Waals surface area contributed by atoms with E-state index in [9.17, 15) is 9.59 Å². The highest BCUT2D eigenvalue weighted by Gasteiger charge is 2.34. The minimum Gasteiger partial charge on any atom is -0.457 e. The molecule has 0 aliphatic carbocycles. The Kier molecular flexibility index (Phi) is 6.36. The van der Waals surface area contributed by atoms with E-state index in [4.69, 9.17) is 28.6 Å². The number of nitrogens with one attached hydrogen (secondary N) is 1. The third-order valence-electron chi connectivity index (χ3n) is 4.26. The average molecular weight is 467 g/mol. The third kappa shape index (κ3) is 4.96. The quantitative estimate of drug-likeness (QED) is 0.387. The van der Waals surface area contributed by atoms with Crippen LogP contribution < -0.4 is 10.2 Å². The summed E-state index contributed by atoms with van der Waals surface area (Å²) in [6, 6.07) is 23.3. The highest BCUT2D eigenvalue weighted by Crippen LogP contribution is 2.32. The molecule has 3 aromatic rings. The summed E-state index contributed by atoms with van der Waals surface area (Å²) >= 11 is 12.4. The van der Waals surface area contributed by atoms with Crippen LogP contribution in [-0.2, 0) is 4.79 Å². The monoisotopic (exact) mass is 466 g/mol. The number of carbonyl (C=O) groups is 2. The number of rotatable bonds is 5. The fraction of sp³-hybridized carbons (Fsp3) is 0. The van der Waals surface area contributed by atoms with Crippen molar-refractivity contribution in [2.24, 2.45) is 0 Å². The molecule has 1 saturated heterocycles. The van der Waals surface area contributed by atoms with Gasteiger partial charge in [-0.1, -0.05) is 65.8 Å². The van der Waals surface area contributed by atoms with Crippen molar-refractivity contribution < 1.29 is 14.3 Å². The van der Waals surface area contributed by atoms with Gasteiger partial charge in [-0.2, -0.15) is 5.01 Å². The van der Waals surface area contributed by atoms with Gasteiger partial charge in [0.05, 0.1) is 15.5 Å². The number of halogens is 1. The lowest BCUT2D eigenvalue weighted by molar-refractivity contribution is -0.123. The normalized spacial score (nSPS) is 14.7. The number of nitrogens with zero attached hydrogens (tertiary/aromatic N) is 1. The Bertz CT molecular complexity index is 1200. The molecule has 1 aliphatic rings. The molecule has 3 aromatic carbocycles. The van der Waals surface area contributed by atoms with Gasteiger partial charge in [-0.15, -0.1) is 0 Å². The lowest BCUT2D eigenvalue weighted by Crippen LogP contribution is -2.44. The largest absolute Gasteiger partial charge is 0.457 e. The van der Waals surface area contributed by atoms with E-state index in [2.05, 4.69) is 5.43 Å². The van der Waals surface area contributed by atoms with Crippen molar-refractivity contribution in [3.63, 3.8) is 0 Å². The van der Waals surface area contributed by atoms with Gasteiger partial charge in [0, 0.05) is 0 Å². The van der Waals surface area contributed by atoms with Gasteiger partial charge in [0.15, 0.2) is 4.32 Å². The number of hydrazine groups is 1. The van der Waals surface area contributed by atoms with Crippen LogP contribution in [0.1, 0.15) is 15.9 Å². The molecule has 0 unspecified atom stereocenters. The summed E-state index contributed by atoms with van der Waals surface area (Å²) in [6.45, 7) is 0. The second-order valence-corrected chi connectivity index (χ2v) is 8.51. The molecule has 4 rings (SSSR count). The van der Waals surface area contributed by atoms with Crippen molar-refractivity contribution in [3.8, 4) is 11.5 Å². The summed E-state index contributed by atoms with van der Waals surface area (Å²) in [6.07, 6.45) is 1.71. The molecule has 0 saturated carbocycles. The van der Waals surface area contributed by atoms with Gasteiger partial charge in [0.2, 0.25) is 0 Å². The number of hydrogen-bond donors (Lipinski definition) is 1. The number of amides is 2. The minimum atomic E-state index is -0.513. The van der Waals surface area contributed by atoms with Crippen LogP contribution >= 0.6 is 35.6 Å². The molecule has 1 fully saturated rings. The number of ether oxygens (including phenoxy) is 1. The number of para-hydroxylation sites is 1. The summed E-state index contributed by atoms with van der Waals surface area (Å²) in [7, 11) is 0. The highest BCUT2D eigenvalue weighted by atomic mass is 35.5. The smallest absolute Gasteiger partial charge is 0.285 e. The molecule has 1 heterocycles. The van der Waals surface area contributed by atoms with E-state index in [1.807, 2.05) is 54.6 Å². The zero-order valence-corrected chi connectivity index (χ0v) is 18.3. The molecule has 2 amide bonds. The Balaban J connectivity index is 1.50. The van der Waals surface area contributed by atoms with Crippen LogP contribution in [0.25, 0.3) is 6.08 Å². The van der Waals surface area contributed by atoms with E-state index in [-0.39, 0.29) is 14.9 Å². The Morgan fingerprint density at radius 3 is 2.48 bits per heavy atom. The number of thioether (sulfide) groups is 1. The average Bonchev–Trinajstić information content (AvgIpc) is 3.02. The molecule has 5 nitrogen and oxygen atoms in total.